The number of benzene rings is 1. The highest BCUT2D eigenvalue weighted by atomic mass is 35.5. The zero-order valence-corrected chi connectivity index (χ0v) is 13.5. The van der Waals surface area contributed by atoms with Crippen LogP contribution in [0.25, 0.3) is 0 Å². The van der Waals surface area contributed by atoms with Crippen LogP contribution in [0.2, 0.25) is 5.02 Å². The molecule has 0 aliphatic rings. The lowest BCUT2D eigenvalue weighted by atomic mass is 10.2. The second kappa shape index (κ2) is 7.53. The van der Waals surface area contributed by atoms with E-state index in [1.54, 1.807) is 6.26 Å². The van der Waals surface area contributed by atoms with Crippen LogP contribution >= 0.6 is 11.6 Å². The molecule has 21 heavy (non-hydrogen) atoms. The van der Waals surface area contributed by atoms with Gasteiger partial charge in [0.05, 0.1) is 17.8 Å². The van der Waals surface area contributed by atoms with Gasteiger partial charge in [-0.2, -0.15) is 0 Å². The van der Waals surface area contributed by atoms with Crippen LogP contribution in [0.1, 0.15) is 30.7 Å². The fourth-order valence-electron chi connectivity index (χ4n) is 2.00. The number of ether oxygens (including phenoxy) is 1. The van der Waals surface area contributed by atoms with Crippen LogP contribution in [-0.4, -0.2) is 6.54 Å². The van der Waals surface area contributed by atoms with Crippen LogP contribution < -0.4 is 10.1 Å². The van der Waals surface area contributed by atoms with Gasteiger partial charge in [0.2, 0.25) is 0 Å². The van der Waals surface area contributed by atoms with E-state index in [1.165, 1.54) is 0 Å². The molecule has 1 N–H and O–H groups in total. The zero-order valence-electron chi connectivity index (χ0n) is 12.8. The van der Waals surface area contributed by atoms with Gasteiger partial charge in [0.1, 0.15) is 18.1 Å². The van der Waals surface area contributed by atoms with Crippen LogP contribution in [0.5, 0.6) is 5.75 Å². The van der Waals surface area contributed by atoms with E-state index in [1.807, 2.05) is 31.2 Å². The van der Waals surface area contributed by atoms with Gasteiger partial charge in [-0.15, -0.1) is 0 Å². The summed E-state index contributed by atoms with van der Waals surface area (Å²) < 4.78 is 11.3. The summed E-state index contributed by atoms with van der Waals surface area (Å²) in [6.45, 7) is 8.51. The van der Waals surface area contributed by atoms with E-state index in [9.17, 15) is 0 Å². The molecule has 0 aliphatic heterocycles. The van der Waals surface area contributed by atoms with E-state index in [4.69, 9.17) is 20.8 Å². The normalized spacial score (nSPS) is 11.1. The molecule has 0 aliphatic carbocycles. The molecule has 0 radical (unpaired) electrons. The van der Waals surface area contributed by atoms with Crippen molar-refractivity contribution in [1.29, 1.82) is 0 Å². The highest BCUT2D eigenvalue weighted by Gasteiger charge is 2.09. The Morgan fingerprint density at radius 2 is 2.10 bits per heavy atom. The summed E-state index contributed by atoms with van der Waals surface area (Å²) in [4.78, 5) is 0. The summed E-state index contributed by atoms with van der Waals surface area (Å²) in [5.41, 5.74) is 2.17. The molecule has 1 aromatic carbocycles. The first-order chi connectivity index (χ1) is 10.1. The Balaban J connectivity index is 1.94. The topological polar surface area (TPSA) is 34.4 Å². The Kier molecular flexibility index (Phi) is 5.71. The second-order valence-electron chi connectivity index (χ2n) is 5.62. The standard InChI is InChI=1S/C17H22ClNO2/c1-12(2)9-19-10-17-14(6-7-20-17)11-21-16-8-13(3)4-5-15(16)18/h4-8,12,19H,9-11H2,1-3H3. The quantitative estimate of drug-likeness (QED) is 0.814. The fraction of sp³-hybridized carbons (Fsp3) is 0.412. The number of hydrogen-bond acceptors (Lipinski definition) is 3. The van der Waals surface area contributed by atoms with E-state index in [-0.39, 0.29) is 0 Å². The van der Waals surface area contributed by atoms with E-state index in [2.05, 4.69) is 19.2 Å². The lowest BCUT2D eigenvalue weighted by molar-refractivity contribution is 0.301. The minimum Gasteiger partial charge on any atom is -0.487 e. The Morgan fingerprint density at radius 3 is 2.86 bits per heavy atom. The van der Waals surface area contributed by atoms with E-state index < -0.39 is 0 Å². The van der Waals surface area contributed by atoms with Crippen LogP contribution in [0.4, 0.5) is 0 Å². The van der Waals surface area contributed by atoms with Gasteiger partial charge in [0.15, 0.2) is 0 Å². The molecule has 0 atom stereocenters. The van der Waals surface area contributed by atoms with Crippen molar-refractivity contribution in [2.24, 2.45) is 5.92 Å². The molecule has 0 spiro atoms. The molecular weight excluding hydrogens is 286 g/mol. The Bertz CT molecular complexity index is 578. The minimum absolute atomic E-state index is 0.457. The molecule has 1 aromatic heterocycles. The molecule has 1 heterocycles. The molecule has 0 saturated carbocycles. The predicted octanol–water partition coefficient (Wildman–Crippen LogP) is 4.57. The monoisotopic (exact) mass is 307 g/mol. The van der Waals surface area contributed by atoms with Crippen LogP contribution in [-0.2, 0) is 13.2 Å². The van der Waals surface area contributed by atoms with Gasteiger partial charge in [-0.1, -0.05) is 31.5 Å². The summed E-state index contributed by atoms with van der Waals surface area (Å²) >= 11 is 6.13. The van der Waals surface area contributed by atoms with Crippen LogP contribution in [0.3, 0.4) is 0 Å². The number of rotatable bonds is 7. The first kappa shape index (κ1) is 15.9. The molecule has 0 fully saturated rings. The summed E-state index contributed by atoms with van der Waals surface area (Å²) in [5.74, 6) is 2.24. The lowest BCUT2D eigenvalue weighted by Crippen LogP contribution is -2.19. The lowest BCUT2D eigenvalue weighted by Gasteiger charge is -2.10. The summed E-state index contributed by atoms with van der Waals surface area (Å²) in [6.07, 6.45) is 1.70. The van der Waals surface area contributed by atoms with Gasteiger partial charge in [0, 0.05) is 5.56 Å². The first-order valence-corrected chi connectivity index (χ1v) is 7.59. The molecule has 0 saturated heterocycles. The van der Waals surface area contributed by atoms with Gasteiger partial charge < -0.3 is 14.5 Å². The van der Waals surface area contributed by atoms with Crippen molar-refractivity contribution in [3.8, 4) is 5.75 Å². The van der Waals surface area contributed by atoms with E-state index >= 15 is 0 Å². The van der Waals surface area contributed by atoms with Gasteiger partial charge in [-0.25, -0.2) is 0 Å². The van der Waals surface area contributed by atoms with E-state index in [0.717, 1.165) is 23.4 Å². The molecule has 2 aromatic rings. The number of halogens is 1. The van der Waals surface area contributed by atoms with Crippen molar-refractivity contribution in [1.82, 2.24) is 5.32 Å². The van der Waals surface area contributed by atoms with Crippen molar-refractivity contribution in [2.75, 3.05) is 6.54 Å². The fourth-order valence-corrected chi connectivity index (χ4v) is 2.17. The largest absolute Gasteiger partial charge is 0.487 e. The third-order valence-electron chi connectivity index (χ3n) is 3.15. The third-order valence-corrected chi connectivity index (χ3v) is 3.46. The van der Waals surface area contributed by atoms with Gasteiger partial charge in [-0.3, -0.25) is 0 Å². The minimum atomic E-state index is 0.457. The van der Waals surface area contributed by atoms with Crippen molar-refractivity contribution in [3.05, 3.63) is 52.4 Å². The van der Waals surface area contributed by atoms with Crippen molar-refractivity contribution in [3.63, 3.8) is 0 Å². The van der Waals surface area contributed by atoms with Crippen molar-refractivity contribution < 1.29 is 9.15 Å². The smallest absolute Gasteiger partial charge is 0.138 e. The molecule has 0 amide bonds. The molecule has 3 nitrogen and oxygen atoms in total. The Morgan fingerprint density at radius 1 is 1.29 bits per heavy atom. The highest BCUT2D eigenvalue weighted by Crippen LogP contribution is 2.26. The highest BCUT2D eigenvalue weighted by molar-refractivity contribution is 6.32. The van der Waals surface area contributed by atoms with Gasteiger partial charge in [0.25, 0.3) is 0 Å². The Labute approximate surface area is 131 Å². The number of hydrogen-bond donors (Lipinski definition) is 1. The summed E-state index contributed by atoms with van der Waals surface area (Å²) in [5, 5.41) is 4.00. The molecule has 4 heteroatoms. The summed E-state index contributed by atoms with van der Waals surface area (Å²) in [7, 11) is 0. The van der Waals surface area contributed by atoms with Crippen LogP contribution in [0, 0.1) is 12.8 Å². The molecule has 2 rings (SSSR count). The molecule has 0 unspecified atom stereocenters. The molecule has 114 valence electrons. The molecule has 0 bridgehead atoms. The number of nitrogens with one attached hydrogen (secondary N) is 1. The maximum Gasteiger partial charge on any atom is 0.138 e. The van der Waals surface area contributed by atoms with Crippen LogP contribution in [0.15, 0.2) is 34.9 Å². The number of aryl methyl sites for hydroxylation is 1. The maximum atomic E-state index is 6.13. The SMILES string of the molecule is Cc1ccc(Cl)c(OCc2ccoc2CNCC(C)C)c1. The average molecular weight is 308 g/mol. The Hall–Kier alpha value is -1.45. The first-order valence-electron chi connectivity index (χ1n) is 7.21. The zero-order chi connectivity index (χ0) is 15.2. The van der Waals surface area contributed by atoms with Crippen molar-refractivity contribution >= 4 is 11.6 Å². The number of furan rings is 1. The second-order valence-corrected chi connectivity index (χ2v) is 6.02. The predicted molar refractivity (Wildman–Crippen MR) is 85.8 cm³/mol. The van der Waals surface area contributed by atoms with Gasteiger partial charge >= 0.3 is 0 Å². The van der Waals surface area contributed by atoms with Crippen molar-refractivity contribution in [2.45, 2.75) is 33.9 Å². The maximum absolute atomic E-state index is 6.13. The summed E-state index contributed by atoms with van der Waals surface area (Å²) in [6, 6.07) is 7.70. The molecular formula is C17H22ClNO2. The van der Waals surface area contributed by atoms with Gasteiger partial charge in [-0.05, 0) is 43.1 Å². The van der Waals surface area contributed by atoms with E-state index in [0.29, 0.717) is 29.8 Å². The average Bonchev–Trinajstić information content (AvgIpc) is 2.87. The third kappa shape index (κ3) is 4.80.